The average molecular weight is 395 g/mol. The molecule has 0 atom stereocenters. The van der Waals surface area contributed by atoms with Crippen molar-refractivity contribution in [2.45, 2.75) is 26.1 Å². The van der Waals surface area contributed by atoms with Gasteiger partial charge < -0.3 is 15.8 Å². The molecule has 5 nitrogen and oxygen atoms in total. The van der Waals surface area contributed by atoms with E-state index in [1.807, 2.05) is 26.0 Å². The number of rotatable bonds is 4. The Kier molecular flexibility index (Phi) is 4.97. The fourth-order valence-electron chi connectivity index (χ4n) is 2.43. The average Bonchev–Trinajstić information content (AvgIpc) is 2.92. The number of alkyl halides is 3. The fourth-order valence-corrected chi connectivity index (χ4v) is 3.43. The molecule has 3 rings (SSSR count). The molecule has 9 heteroatoms. The van der Waals surface area contributed by atoms with E-state index < -0.39 is 12.3 Å². The number of hydrogen-bond acceptors (Lipinski definition) is 5. The Bertz CT molecular complexity index is 982. The third kappa shape index (κ3) is 4.30. The Morgan fingerprint density at radius 2 is 1.85 bits per heavy atom. The number of thiophene rings is 1. The second-order valence-corrected chi connectivity index (χ2v) is 7.11. The molecule has 0 fully saturated rings. The number of ether oxygens (including phenoxy) is 1. The van der Waals surface area contributed by atoms with Crippen LogP contribution in [0.25, 0.3) is 10.2 Å². The van der Waals surface area contributed by atoms with E-state index in [0.717, 1.165) is 17.8 Å². The number of halogens is 3. The number of pyridine rings is 1. The largest absolute Gasteiger partial charge is 0.573 e. The maximum atomic E-state index is 12.5. The smallest absolute Gasteiger partial charge is 0.406 e. The van der Waals surface area contributed by atoms with Crippen molar-refractivity contribution in [2.75, 3.05) is 11.1 Å². The highest BCUT2D eigenvalue weighted by atomic mass is 32.1. The van der Waals surface area contributed by atoms with E-state index in [9.17, 15) is 18.0 Å². The number of nitrogens with zero attached hydrogens (tertiary/aromatic N) is 1. The highest BCUT2D eigenvalue weighted by molar-refractivity contribution is 7.21. The highest BCUT2D eigenvalue weighted by Gasteiger charge is 2.31. The van der Waals surface area contributed by atoms with Crippen molar-refractivity contribution in [1.82, 2.24) is 4.98 Å². The van der Waals surface area contributed by atoms with Gasteiger partial charge in [-0.3, -0.25) is 4.79 Å². The summed E-state index contributed by atoms with van der Waals surface area (Å²) in [6.07, 6.45) is -4.77. The molecule has 0 spiro atoms. The van der Waals surface area contributed by atoms with E-state index in [1.165, 1.54) is 23.5 Å². The van der Waals surface area contributed by atoms with E-state index >= 15 is 0 Å². The van der Waals surface area contributed by atoms with Gasteiger partial charge in [0.15, 0.2) is 0 Å². The Morgan fingerprint density at radius 3 is 2.44 bits per heavy atom. The van der Waals surface area contributed by atoms with E-state index in [1.54, 1.807) is 0 Å². The maximum absolute atomic E-state index is 12.5. The third-order valence-electron chi connectivity index (χ3n) is 3.76. The van der Waals surface area contributed by atoms with Gasteiger partial charge in [0.2, 0.25) is 0 Å². The van der Waals surface area contributed by atoms with Crippen molar-refractivity contribution in [2.24, 2.45) is 0 Å². The Balaban J connectivity index is 1.80. The summed E-state index contributed by atoms with van der Waals surface area (Å²) < 4.78 is 40.4. The predicted molar refractivity (Wildman–Crippen MR) is 99.2 cm³/mol. The van der Waals surface area contributed by atoms with Gasteiger partial charge in [0, 0.05) is 16.8 Å². The van der Waals surface area contributed by atoms with Gasteiger partial charge in [0.25, 0.3) is 5.91 Å². The van der Waals surface area contributed by atoms with Crippen molar-refractivity contribution < 1.29 is 22.7 Å². The van der Waals surface area contributed by atoms with Crippen molar-refractivity contribution in [1.29, 1.82) is 0 Å². The van der Waals surface area contributed by atoms with Crippen LogP contribution in [0.5, 0.6) is 5.75 Å². The summed E-state index contributed by atoms with van der Waals surface area (Å²) in [6.45, 7) is 4.04. The van der Waals surface area contributed by atoms with E-state index in [4.69, 9.17) is 5.73 Å². The number of aromatic nitrogens is 1. The first-order chi connectivity index (χ1) is 12.6. The summed E-state index contributed by atoms with van der Waals surface area (Å²) >= 11 is 1.17. The molecule has 1 amide bonds. The lowest BCUT2D eigenvalue weighted by Gasteiger charge is -2.09. The zero-order valence-corrected chi connectivity index (χ0v) is 15.2. The Morgan fingerprint density at radius 1 is 1.19 bits per heavy atom. The zero-order chi connectivity index (χ0) is 19.8. The van der Waals surface area contributed by atoms with Crippen molar-refractivity contribution in [3.8, 4) is 5.75 Å². The van der Waals surface area contributed by atoms with Crippen LogP contribution in [0.1, 0.15) is 35.1 Å². The molecule has 1 aromatic carbocycles. The SMILES string of the molecule is CC(C)c1ccc2c(N)c(C(=O)Nc3ccc(OC(F)(F)F)cc3)sc2n1. The van der Waals surface area contributed by atoms with Gasteiger partial charge >= 0.3 is 6.36 Å². The number of benzene rings is 1. The van der Waals surface area contributed by atoms with Crippen molar-refractivity contribution in [3.05, 3.63) is 47.0 Å². The highest BCUT2D eigenvalue weighted by Crippen LogP contribution is 2.34. The summed E-state index contributed by atoms with van der Waals surface area (Å²) in [5, 5.41) is 3.31. The number of nitrogens with two attached hydrogens (primary N) is 1. The maximum Gasteiger partial charge on any atom is 0.573 e. The fraction of sp³-hybridized carbons (Fsp3) is 0.222. The molecule has 0 aliphatic carbocycles. The minimum absolute atomic E-state index is 0.243. The molecule has 142 valence electrons. The second kappa shape index (κ2) is 7.07. The molecule has 27 heavy (non-hydrogen) atoms. The first kappa shape index (κ1) is 19.0. The van der Waals surface area contributed by atoms with Crippen molar-refractivity contribution in [3.63, 3.8) is 0 Å². The van der Waals surface area contributed by atoms with Crippen LogP contribution in [-0.2, 0) is 0 Å². The summed E-state index contributed by atoms with van der Waals surface area (Å²) in [5.41, 5.74) is 7.62. The number of hydrogen-bond donors (Lipinski definition) is 2. The number of nitrogen functional groups attached to an aromatic ring is 1. The van der Waals surface area contributed by atoms with Crippen LogP contribution in [0, 0.1) is 0 Å². The molecule has 3 aromatic rings. The molecule has 0 radical (unpaired) electrons. The third-order valence-corrected chi connectivity index (χ3v) is 4.87. The molecule has 0 aliphatic heterocycles. The summed E-state index contributed by atoms with van der Waals surface area (Å²) in [5.74, 6) is -0.578. The molecular weight excluding hydrogens is 379 g/mol. The minimum atomic E-state index is -4.77. The van der Waals surface area contributed by atoms with Gasteiger partial charge in [-0.1, -0.05) is 13.8 Å². The van der Waals surface area contributed by atoms with Crippen molar-refractivity contribution >= 4 is 38.8 Å². The standard InChI is InChI=1S/C18H16F3N3O2S/c1-9(2)13-8-7-12-14(22)15(27-17(12)24-13)16(25)23-10-3-5-11(6-4-10)26-18(19,20)21/h3-9H,22H2,1-2H3,(H,23,25). The zero-order valence-electron chi connectivity index (χ0n) is 14.4. The molecular formula is C18H16F3N3O2S. The first-order valence-electron chi connectivity index (χ1n) is 8.00. The molecule has 3 N–H and O–H groups in total. The van der Waals surface area contributed by atoms with Crippen LogP contribution in [0.4, 0.5) is 24.5 Å². The normalized spacial score (nSPS) is 11.8. The molecule has 0 unspecified atom stereocenters. The number of nitrogens with one attached hydrogen (secondary N) is 1. The topological polar surface area (TPSA) is 77.2 Å². The van der Waals surface area contributed by atoms with E-state index in [-0.39, 0.29) is 11.7 Å². The molecule has 0 bridgehead atoms. The van der Waals surface area contributed by atoms with Crippen LogP contribution in [-0.4, -0.2) is 17.3 Å². The lowest BCUT2D eigenvalue weighted by Crippen LogP contribution is -2.17. The van der Waals surface area contributed by atoms with Crippen LogP contribution in [0.2, 0.25) is 0 Å². The Hall–Kier alpha value is -2.81. The van der Waals surface area contributed by atoms with Gasteiger partial charge in [0.1, 0.15) is 15.5 Å². The minimum Gasteiger partial charge on any atom is -0.406 e. The predicted octanol–water partition coefficient (Wildman–Crippen LogP) is 5.15. The number of carbonyl (C=O) groups is 1. The molecule has 0 saturated heterocycles. The van der Waals surface area contributed by atoms with Gasteiger partial charge in [-0.05, 0) is 42.3 Å². The quantitative estimate of drug-likeness (QED) is 0.640. The van der Waals surface area contributed by atoms with Gasteiger partial charge in [-0.25, -0.2) is 4.98 Å². The van der Waals surface area contributed by atoms with Crippen LogP contribution in [0.3, 0.4) is 0 Å². The lowest BCUT2D eigenvalue weighted by molar-refractivity contribution is -0.274. The van der Waals surface area contributed by atoms with E-state index in [2.05, 4.69) is 15.0 Å². The molecule has 2 aromatic heterocycles. The molecule has 2 heterocycles. The summed E-state index contributed by atoms with van der Waals surface area (Å²) in [6, 6.07) is 8.58. The number of fused-ring (bicyclic) bond motifs is 1. The molecule has 0 aliphatic rings. The number of anilines is 2. The van der Waals surface area contributed by atoms with Gasteiger partial charge in [-0.2, -0.15) is 0 Å². The number of amides is 1. The van der Waals surface area contributed by atoms with Crippen LogP contribution >= 0.6 is 11.3 Å². The number of carbonyl (C=O) groups excluding carboxylic acids is 1. The van der Waals surface area contributed by atoms with Gasteiger partial charge in [0.05, 0.1) is 5.69 Å². The van der Waals surface area contributed by atoms with E-state index in [0.29, 0.717) is 26.5 Å². The first-order valence-corrected chi connectivity index (χ1v) is 8.82. The van der Waals surface area contributed by atoms with Gasteiger partial charge in [-0.15, -0.1) is 24.5 Å². The molecule has 0 saturated carbocycles. The van der Waals surface area contributed by atoms with Crippen LogP contribution < -0.4 is 15.8 Å². The second-order valence-electron chi connectivity index (χ2n) is 6.11. The summed E-state index contributed by atoms with van der Waals surface area (Å²) in [4.78, 5) is 18.0. The van der Waals surface area contributed by atoms with Crippen LogP contribution in [0.15, 0.2) is 36.4 Å². The lowest BCUT2D eigenvalue weighted by atomic mass is 10.1. The summed E-state index contributed by atoms with van der Waals surface area (Å²) in [7, 11) is 0. The monoisotopic (exact) mass is 395 g/mol. The Labute approximate surface area is 157 Å².